The van der Waals surface area contributed by atoms with Crippen LogP contribution in [-0.4, -0.2) is 19.7 Å². The lowest BCUT2D eigenvalue weighted by Crippen LogP contribution is -1.97. The smallest absolute Gasteiger partial charge is 0.177 e. The molecule has 0 aliphatic heterocycles. The largest absolute Gasteiger partial charge is 0.265 e. The van der Waals surface area contributed by atoms with E-state index in [1.54, 1.807) is 17.1 Å². The lowest BCUT2D eigenvalue weighted by atomic mass is 10.3. The zero-order valence-electron chi connectivity index (χ0n) is 7.60. The molecule has 0 amide bonds. The summed E-state index contributed by atoms with van der Waals surface area (Å²) >= 11 is 0. The summed E-state index contributed by atoms with van der Waals surface area (Å²) in [5.41, 5.74) is 1.90. The van der Waals surface area contributed by atoms with Gasteiger partial charge in [-0.15, -0.1) is 0 Å². The van der Waals surface area contributed by atoms with Gasteiger partial charge in [-0.2, -0.15) is 5.10 Å². The van der Waals surface area contributed by atoms with Crippen LogP contribution in [0, 0.1) is 6.92 Å². The Morgan fingerprint density at radius 3 is 2.69 bits per heavy atom. The Balaban J connectivity index is 2.53. The molecule has 0 radical (unpaired) electrons. The highest BCUT2D eigenvalue weighted by atomic mass is 15.3. The summed E-state index contributed by atoms with van der Waals surface area (Å²) in [6, 6.07) is 3.77. The first kappa shape index (κ1) is 7.91. The van der Waals surface area contributed by atoms with Gasteiger partial charge in [-0.1, -0.05) is 0 Å². The lowest BCUT2D eigenvalue weighted by molar-refractivity contribution is 0.769. The van der Waals surface area contributed by atoms with E-state index < -0.39 is 0 Å². The predicted molar refractivity (Wildman–Crippen MR) is 49.0 cm³/mol. The van der Waals surface area contributed by atoms with Crippen LogP contribution in [-0.2, 0) is 7.05 Å². The van der Waals surface area contributed by atoms with E-state index in [0.29, 0.717) is 0 Å². The van der Waals surface area contributed by atoms with E-state index in [1.165, 1.54) is 0 Å². The van der Waals surface area contributed by atoms with Crippen LogP contribution in [0.1, 0.15) is 5.69 Å². The SMILES string of the molecule is Cc1ccnc(-c2ccnn2C)n1. The van der Waals surface area contributed by atoms with Crippen LogP contribution in [0.2, 0.25) is 0 Å². The molecule has 0 saturated carbocycles. The van der Waals surface area contributed by atoms with E-state index in [2.05, 4.69) is 15.1 Å². The second-order valence-electron chi connectivity index (χ2n) is 2.86. The summed E-state index contributed by atoms with van der Waals surface area (Å²) in [7, 11) is 1.88. The minimum Gasteiger partial charge on any atom is -0.265 e. The highest BCUT2D eigenvalue weighted by molar-refractivity contribution is 5.48. The minimum atomic E-state index is 0.722. The molecule has 0 N–H and O–H groups in total. The quantitative estimate of drug-likeness (QED) is 0.652. The van der Waals surface area contributed by atoms with E-state index in [9.17, 15) is 0 Å². The first-order valence-corrected chi connectivity index (χ1v) is 4.05. The van der Waals surface area contributed by atoms with Crippen LogP contribution in [0.5, 0.6) is 0 Å². The first-order valence-electron chi connectivity index (χ1n) is 4.05. The van der Waals surface area contributed by atoms with Crippen LogP contribution in [0.15, 0.2) is 24.5 Å². The number of aryl methyl sites for hydroxylation is 2. The van der Waals surface area contributed by atoms with Gasteiger partial charge in [-0.3, -0.25) is 4.68 Å². The fourth-order valence-corrected chi connectivity index (χ4v) is 1.17. The van der Waals surface area contributed by atoms with Crippen molar-refractivity contribution >= 4 is 0 Å². The maximum absolute atomic E-state index is 4.30. The average Bonchev–Trinajstić information content (AvgIpc) is 2.51. The molecule has 2 heterocycles. The van der Waals surface area contributed by atoms with Crippen LogP contribution in [0.4, 0.5) is 0 Å². The highest BCUT2D eigenvalue weighted by Gasteiger charge is 2.04. The first-order chi connectivity index (χ1) is 6.27. The Labute approximate surface area is 76.3 Å². The molecule has 0 bridgehead atoms. The Morgan fingerprint density at radius 1 is 1.23 bits per heavy atom. The molecule has 13 heavy (non-hydrogen) atoms. The van der Waals surface area contributed by atoms with Crippen molar-refractivity contribution in [1.82, 2.24) is 19.7 Å². The van der Waals surface area contributed by atoms with E-state index in [1.807, 2.05) is 26.1 Å². The van der Waals surface area contributed by atoms with Crippen molar-refractivity contribution in [2.75, 3.05) is 0 Å². The highest BCUT2D eigenvalue weighted by Crippen LogP contribution is 2.11. The number of hydrogen-bond acceptors (Lipinski definition) is 3. The van der Waals surface area contributed by atoms with Crippen molar-refractivity contribution in [2.24, 2.45) is 7.05 Å². The van der Waals surface area contributed by atoms with Crippen molar-refractivity contribution in [2.45, 2.75) is 6.92 Å². The Bertz CT molecular complexity index is 419. The van der Waals surface area contributed by atoms with Crippen molar-refractivity contribution in [3.05, 3.63) is 30.2 Å². The van der Waals surface area contributed by atoms with Gasteiger partial charge in [-0.25, -0.2) is 9.97 Å². The standard InChI is InChI=1S/C9H10N4/c1-7-3-5-10-9(12-7)8-4-6-11-13(8)2/h3-6H,1-2H3. The van der Waals surface area contributed by atoms with Crippen LogP contribution in [0.3, 0.4) is 0 Å². The van der Waals surface area contributed by atoms with Gasteiger partial charge in [0.05, 0.1) is 0 Å². The van der Waals surface area contributed by atoms with E-state index in [4.69, 9.17) is 0 Å². The molecule has 0 aliphatic rings. The topological polar surface area (TPSA) is 43.6 Å². The molecule has 2 aromatic rings. The summed E-state index contributed by atoms with van der Waals surface area (Å²) in [6.45, 7) is 1.95. The van der Waals surface area contributed by atoms with Gasteiger partial charge < -0.3 is 0 Å². The monoisotopic (exact) mass is 174 g/mol. The maximum atomic E-state index is 4.30. The maximum Gasteiger partial charge on any atom is 0.177 e. The summed E-state index contributed by atoms with van der Waals surface area (Å²) in [5, 5.41) is 4.06. The Hall–Kier alpha value is -1.71. The molecule has 0 fully saturated rings. The average molecular weight is 174 g/mol. The van der Waals surface area contributed by atoms with Crippen LogP contribution in [0.25, 0.3) is 11.5 Å². The second-order valence-corrected chi connectivity index (χ2v) is 2.86. The number of rotatable bonds is 1. The van der Waals surface area contributed by atoms with E-state index in [-0.39, 0.29) is 0 Å². The summed E-state index contributed by atoms with van der Waals surface area (Å²) in [4.78, 5) is 8.48. The van der Waals surface area contributed by atoms with Crippen molar-refractivity contribution < 1.29 is 0 Å². The molecule has 2 rings (SSSR count). The van der Waals surface area contributed by atoms with Gasteiger partial charge in [0.1, 0.15) is 5.69 Å². The van der Waals surface area contributed by atoms with Gasteiger partial charge in [0.2, 0.25) is 0 Å². The Morgan fingerprint density at radius 2 is 2.08 bits per heavy atom. The fraction of sp³-hybridized carbons (Fsp3) is 0.222. The third-order valence-corrected chi connectivity index (χ3v) is 1.84. The Kier molecular flexibility index (Phi) is 1.81. The van der Waals surface area contributed by atoms with Gasteiger partial charge in [0, 0.05) is 25.1 Å². The minimum absolute atomic E-state index is 0.722. The van der Waals surface area contributed by atoms with Crippen molar-refractivity contribution in [3.8, 4) is 11.5 Å². The lowest BCUT2D eigenvalue weighted by Gasteiger charge is -2.00. The van der Waals surface area contributed by atoms with Crippen molar-refractivity contribution in [1.29, 1.82) is 0 Å². The van der Waals surface area contributed by atoms with Crippen molar-refractivity contribution in [3.63, 3.8) is 0 Å². The molecular weight excluding hydrogens is 164 g/mol. The third-order valence-electron chi connectivity index (χ3n) is 1.84. The second kappa shape index (κ2) is 2.97. The molecule has 4 heteroatoms. The van der Waals surface area contributed by atoms with Gasteiger partial charge in [0.15, 0.2) is 5.82 Å². The zero-order valence-corrected chi connectivity index (χ0v) is 7.60. The molecule has 0 aromatic carbocycles. The van der Waals surface area contributed by atoms with Gasteiger partial charge >= 0.3 is 0 Å². The molecule has 0 saturated heterocycles. The van der Waals surface area contributed by atoms with E-state index in [0.717, 1.165) is 17.2 Å². The zero-order chi connectivity index (χ0) is 9.26. The third kappa shape index (κ3) is 1.42. The molecule has 4 nitrogen and oxygen atoms in total. The predicted octanol–water partition coefficient (Wildman–Crippen LogP) is 1.19. The van der Waals surface area contributed by atoms with Gasteiger partial charge in [-0.05, 0) is 19.1 Å². The summed E-state index contributed by atoms with van der Waals surface area (Å²) < 4.78 is 1.76. The van der Waals surface area contributed by atoms with Crippen LogP contribution < -0.4 is 0 Å². The molecule has 0 aliphatic carbocycles. The molecule has 0 spiro atoms. The number of hydrogen-bond donors (Lipinski definition) is 0. The molecule has 66 valence electrons. The fourth-order valence-electron chi connectivity index (χ4n) is 1.17. The number of nitrogens with zero attached hydrogens (tertiary/aromatic N) is 4. The normalized spacial score (nSPS) is 10.3. The number of aromatic nitrogens is 4. The van der Waals surface area contributed by atoms with Gasteiger partial charge in [0.25, 0.3) is 0 Å². The summed E-state index contributed by atoms with van der Waals surface area (Å²) in [6.07, 6.45) is 3.49. The molecule has 0 atom stereocenters. The summed E-state index contributed by atoms with van der Waals surface area (Å²) in [5.74, 6) is 0.722. The molecular formula is C9H10N4. The molecule has 0 unspecified atom stereocenters. The van der Waals surface area contributed by atoms with Crippen LogP contribution >= 0.6 is 0 Å². The molecule has 2 aromatic heterocycles. The van der Waals surface area contributed by atoms with E-state index >= 15 is 0 Å².